The lowest BCUT2D eigenvalue weighted by molar-refractivity contribution is 1.38. The molecule has 0 aliphatic rings. The quantitative estimate of drug-likeness (QED) is 0.665. The number of allylic oxidation sites excluding steroid dienone is 1. The second-order valence-corrected chi connectivity index (χ2v) is 4.55. The van der Waals surface area contributed by atoms with Gasteiger partial charge in [0.05, 0.1) is 11.6 Å². The van der Waals surface area contributed by atoms with Crippen LogP contribution in [0.5, 0.6) is 0 Å². The van der Waals surface area contributed by atoms with Gasteiger partial charge in [0, 0.05) is 15.5 Å². The number of hydrogen-bond acceptors (Lipinski definition) is 1. The number of nitrogens with zero attached hydrogens (tertiary/aromatic N) is 1. The molecule has 2 aromatic rings. The number of aromatic amines is 1. The molecule has 0 aliphatic heterocycles. The zero-order valence-corrected chi connectivity index (χ0v) is 10.6. The maximum atomic E-state index is 9.11. The van der Waals surface area contributed by atoms with E-state index in [4.69, 9.17) is 5.26 Å². The topological polar surface area (TPSA) is 39.6 Å². The largest absolute Gasteiger partial charge is 0.362 e. The van der Waals surface area contributed by atoms with Gasteiger partial charge in [-0.05, 0) is 58.5 Å². The van der Waals surface area contributed by atoms with Crippen molar-refractivity contribution in [1.29, 1.82) is 5.26 Å². The minimum atomic E-state index is 0.666. The van der Waals surface area contributed by atoms with E-state index in [0.717, 1.165) is 11.3 Å². The van der Waals surface area contributed by atoms with Crippen LogP contribution in [0.4, 0.5) is 0 Å². The summed E-state index contributed by atoms with van der Waals surface area (Å²) in [6.45, 7) is 0. The first-order chi connectivity index (χ1) is 7.79. The highest BCUT2D eigenvalue weighted by Crippen LogP contribution is 2.18. The van der Waals surface area contributed by atoms with E-state index in [1.807, 2.05) is 48.7 Å². The Kier molecular flexibility index (Phi) is 3.42. The van der Waals surface area contributed by atoms with Crippen molar-refractivity contribution in [3.63, 3.8) is 0 Å². The molecule has 78 valence electrons. The number of nitriles is 1. The van der Waals surface area contributed by atoms with Gasteiger partial charge < -0.3 is 4.98 Å². The number of benzene rings is 1. The maximum absolute atomic E-state index is 9.11. The van der Waals surface area contributed by atoms with Crippen LogP contribution in [0.2, 0.25) is 0 Å². The standard InChI is InChI=1S/C13H9IN2/c14-12-5-3-10(4-6-12)11(9-15)8-13-2-1-7-16-13/h1-8,16H. The summed E-state index contributed by atoms with van der Waals surface area (Å²) in [5, 5.41) is 9.11. The van der Waals surface area contributed by atoms with Gasteiger partial charge in [-0.1, -0.05) is 12.1 Å². The molecular weight excluding hydrogens is 311 g/mol. The van der Waals surface area contributed by atoms with E-state index in [9.17, 15) is 0 Å². The number of H-pyrrole nitrogens is 1. The van der Waals surface area contributed by atoms with Gasteiger partial charge in [-0.25, -0.2) is 0 Å². The fourth-order valence-electron chi connectivity index (χ4n) is 1.40. The molecule has 2 nitrogen and oxygen atoms in total. The van der Waals surface area contributed by atoms with Crippen molar-refractivity contribution in [1.82, 2.24) is 4.98 Å². The Hall–Kier alpha value is -1.54. The first-order valence-electron chi connectivity index (χ1n) is 4.81. The minimum Gasteiger partial charge on any atom is -0.362 e. The van der Waals surface area contributed by atoms with Crippen LogP contribution in [0.1, 0.15) is 11.3 Å². The average Bonchev–Trinajstić information content (AvgIpc) is 2.80. The second kappa shape index (κ2) is 4.99. The normalized spacial score (nSPS) is 11.1. The number of aromatic nitrogens is 1. The maximum Gasteiger partial charge on any atom is 0.0998 e. The molecule has 0 saturated carbocycles. The van der Waals surface area contributed by atoms with Crippen LogP contribution in [0, 0.1) is 14.9 Å². The molecule has 1 heterocycles. The van der Waals surface area contributed by atoms with Crippen molar-refractivity contribution in [2.24, 2.45) is 0 Å². The van der Waals surface area contributed by atoms with Gasteiger partial charge >= 0.3 is 0 Å². The van der Waals surface area contributed by atoms with Gasteiger partial charge in [-0.3, -0.25) is 0 Å². The Bertz CT molecular complexity index is 530. The predicted molar refractivity (Wildman–Crippen MR) is 73.4 cm³/mol. The number of hydrogen-bond donors (Lipinski definition) is 1. The van der Waals surface area contributed by atoms with E-state index >= 15 is 0 Å². The molecule has 0 aliphatic carbocycles. The predicted octanol–water partition coefficient (Wildman–Crippen LogP) is 3.68. The molecule has 0 unspecified atom stereocenters. The molecule has 0 saturated heterocycles. The fraction of sp³-hybridized carbons (Fsp3) is 0. The summed E-state index contributed by atoms with van der Waals surface area (Å²) in [6.07, 6.45) is 3.69. The first-order valence-corrected chi connectivity index (χ1v) is 5.88. The Morgan fingerprint density at radius 3 is 2.56 bits per heavy atom. The van der Waals surface area contributed by atoms with E-state index in [0.29, 0.717) is 5.57 Å². The molecule has 0 fully saturated rings. The van der Waals surface area contributed by atoms with Crippen molar-refractivity contribution in [2.75, 3.05) is 0 Å². The highest BCUT2D eigenvalue weighted by molar-refractivity contribution is 14.1. The first kappa shape index (κ1) is 11.0. The van der Waals surface area contributed by atoms with E-state index in [-0.39, 0.29) is 0 Å². The summed E-state index contributed by atoms with van der Waals surface area (Å²) >= 11 is 2.25. The van der Waals surface area contributed by atoms with Crippen molar-refractivity contribution in [2.45, 2.75) is 0 Å². The Balaban J connectivity index is 2.37. The van der Waals surface area contributed by atoms with E-state index in [2.05, 4.69) is 33.6 Å². The second-order valence-electron chi connectivity index (χ2n) is 3.30. The van der Waals surface area contributed by atoms with Gasteiger partial charge in [-0.15, -0.1) is 0 Å². The van der Waals surface area contributed by atoms with Gasteiger partial charge in [0.25, 0.3) is 0 Å². The number of nitrogens with one attached hydrogen (secondary N) is 1. The third kappa shape index (κ3) is 2.52. The molecular formula is C13H9IN2. The third-order valence-electron chi connectivity index (χ3n) is 2.20. The van der Waals surface area contributed by atoms with Gasteiger partial charge in [0.15, 0.2) is 0 Å². The zero-order valence-electron chi connectivity index (χ0n) is 8.44. The highest BCUT2D eigenvalue weighted by Gasteiger charge is 2.00. The van der Waals surface area contributed by atoms with Crippen LogP contribution in [0.25, 0.3) is 11.6 Å². The highest BCUT2D eigenvalue weighted by atomic mass is 127. The summed E-state index contributed by atoms with van der Waals surface area (Å²) in [6, 6.07) is 14.0. The van der Waals surface area contributed by atoms with Crippen LogP contribution in [-0.4, -0.2) is 4.98 Å². The number of rotatable bonds is 2. The lowest BCUT2D eigenvalue weighted by atomic mass is 10.1. The molecule has 0 amide bonds. The van der Waals surface area contributed by atoms with Crippen molar-refractivity contribution < 1.29 is 0 Å². The van der Waals surface area contributed by atoms with Crippen LogP contribution in [-0.2, 0) is 0 Å². The molecule has 3 heteroatoms. The summed E-state index contributed by atoms with van der Waals surface area (Å²) in [5.41, 5.74) is 2.55. The van der Waals surface area contributed by atoms with Crippen molar-refractivity contribution >= 4 is 34.2 Å². The van der Waals surface area contributed by atoms with E-state index in [1.165, 1.54) is 3.57 Å². The molecule has 1 aromatic carbocycles. The van der Waals surface area contributed by atoms with E-state index < -0.39 is 0 Å². The lowest BCUT2D eigenvalue weighted by Crippen LogP contribution is -1.82. The summed E-state index contributed by atoms with van der Waals surface area (Å²) in [7, 11) is 0. The Labute approximate surface area is 108 Å². The molecule has 0 atom stereocenters. The summed E-state index contributed by atoms with van der Waals surface area (Å²) in [5.74, 6) is 0. The average molecular weight is 320 g/mol. The third-order valence-corrected chi connectivity index (χ3v) is 2.92. The van der Waals surface area contributed by atoms with Crippen LogP contribution in [0.15, 0.2) is 42.6 Å². The lowest BCUT2D eigenvalue weighted by Gasteiger charge is -1.98. The molecule has 0 spiro atoms. The van der Waals surface area contributed by atoms with E-state index in [1.54, 1.807) is 0 Å². The van der Waals surface area contributed by atoms with Crippen LogP contribution >= 0.6 is 22.6 Å². The van der Waals surface area contributed by atoms with Crippen LogP contribution in [0.3, 0.4) is 0 Å². The molecule has 0 bridgehead atoms. The van der Waals surface area contributed by atoms with Gasteiger partial charge in [0.2, 0.25) is 0 Å². The SMILES string of the molecule is N#CC(=Cc1ccc[nH]1)c1ccc(I)cc1. The van der Waals surface area contributed by atoms with Crippen molar-refractivity contribution in [3.8, 4) is 6.07 Å². The molecule has 16 heavy (non-hydrogen) atoms. The monoisotopic (exact) mass is 320 g/mol. The van der Waals surface area contributed by atoms with Crippen molar-refractivity contribution in [3.05, 3.63) is 57.4 Å². The minimum absolute atomic E-state index is 0.666. The molecule has 1 aromatic heterocycles. The fourth-order valence-corrected chi connectivity index (χ4v) is 1.76. The smallest absolute Gasteiger partial charge is 0.0998 e. The number of halogens is 1. The summed E-state index contributed by atoms with van der Waals surface area (Å²) in [4.78, 5) is 3.05. The summed E-state index contributed by atoms with van der Waals surface area (Å²) < 4.78 is 1.17. The molecule has 0 radical (unpaired) electrons. The molecule has 2 rings (SSSR count). The van der Waals surface area contributed by atoms with Gasteiger partial charge in [0.1, 0.15) is 0 Å². The Morgan fingerprint density at radius 2 is 2.00 bits per heavy atom. The van der Waals surface area contributed by atoms with Crippen LogP contribution < -0.4 is 0 Å². The zero-order chi connectivity index (χ0) is 11.4. The molecule has 1 N–H and O–H groups in total. The van der Waals surface area contributed by atoms with Gasteiger partial charge in [-0.2, -0.15) is 5.26 Å². The Morgan fingerprint density at radius 1 is 1.25 bits per heavy atom.